The minimum absolute atomic E-state index is 0.301. The Kier molecular flexibility index (Phi) is 2.60. The van der Waals surface area contributed by atoms with Crippen molar-refractivity contribution in [3.63, 3.8) is 0 Å². The van der Waals surface area contributed by atoms with Crippen molar-refractivity contribution in [1.82, 2.24) is 0 Å². The second-order valence-corrected chi connectivity index (χ2v) is 5.59. The van der Waals surface area contributed by atoms with Crippen LogP contribution < -0.4 is 0 Å². The van der Waals surface area contributed by atoms with Gasteiger partial charge >= 0.3 is 0 Å². The van der Waals surface area contributed by atoms with Crippen molar-refractivity contribution in [2.75, 3.05) is 6.54 Å². The van der Waals surface area contributed by atoms with Crippen molar-refractivity contribution in [1.29, 1.82) is 0 Å². The van der Waals surface area contributed by atoms with Crippen LogP contribution >= 0.6 is 27.7 Å². The molecule has 2 nitrogen and oxygen atoms in total. The zero-order chi connectivity index (χ0) is 9.26. The average molecular weight is 258 g/mol. The van der Waals surface area contributed by atoms with Crippen LogP contribution in [-0.2, 0) is 0 Å². The largest absolute Gasteiger partial charge is 0.507 e. The molecular weight excluding hydrogens is 250 g/mol. The molecule has 1 aliphatic heterocycles. The lowest BCUT2D eigenvalue weighted by atomic mass is 10.2. The molecule has 0 bridgehead atoms. The normalized spacial score (nSPS) is 21.6. The standard InChI is InChI=1S/C9H8BrNOS/c10-8-5-11-9(13-8)6-3-1-2-4-7(6)12/h1-4,8,12H,5H2. The first-order valence-corrected chi connectivity index (χ1v) is 5.70. The van der Waals surface area contributed by atoms with Gasteiger partial charge in [-0.15, -0.1) is 0 Å². The van der Waals surface area contributed by atoms with Crippen LogP contribution in [0.25, 0.3) is 0 Å². The highest BCUT2D eigenvalue weighted by atomic mass is 79.9. The molecular formula is C9H8BrNOS. The van der Waals surface area contributed by atoms with Gasteiger partial charge in [0.25, 0.3) is 0 Å². The maximum Gasteiger partial charge on any atom is 0.125 e. The van der Waals surface area contributed by atoms with Crippen molar-refractivity contribution in [3.8, 4) is 5.75 Å². The molecule has 1 unspecified atom stereocenters. The molecule has 0 radical (unpaired) electrons. The van der Waals surface area contributed by atoms with Crippen LogP contribution in [0.3, 0.4) is 0 Å². The number of phenolic OH excluding ortho intramolecular Hbond substituents is 1. The van der Waals surface area contributed by atoms with Crippen molar-refractivity contribution < 1.29 is 5.11 Å². The monoisotopic (exact) mass is 257 g/mol. The summed E-state index contributed by atoms with van der Waals surface area (Å²) < 4.78 is 0.349. The van der Waals surface area contributed by atoms with Gasteiger partial charge in [-0.3, -0.25) is 4.99 Å². The fourth-order valence-electron chi connectivity index (χ4n) is 1.15. The van der Waals surface area contributed by atoms with E-state index in [4.69, 9.17) is 0 Å². The first-order valence-electron chi connectivity index (χ1n) is 3.91. The maximum absolute atomic E-state index is 9.55. The van der Waals surface area contributed by atoms with Gasteiger partial charge < -0.3 is 5.11 Å². The third kappa shape index (κ3) is 1.89. The molecule has 0 aliphatic carbocycles. The molecule has 0 fully saturated rings. The van der Waals surface area contributed by atoms with Crippen LogP contribution in [0.5, 0.6) is 5.75 Å². The van der Waals surface area contributed by atoms with Gasteiger partial charge in [0.15, 0.2) is 0 Å². The molecule has 0 aromatic heterocycles. The summed E-state index contributed by atoms with van der Waals surface area (Å²) in [5, 5.41) is 10.5. The first-order chi connectivity index (χ1) is 6.27. The highest BCUT2D eigenvalue weighted by molar-refractivity contribution is 9.11. The zero-order valence-corrected chi connectivity index (χ0v) is 9.18. The second kappa shape index (κ2) is 3.72. The van der Waals surface area contributed by atoms with Crippen LogP contribution in [0, 0.1) is 0 Å². The first kappa shape index (κ1) is 9.09. The zero-order valence-electron chi connectivity index (χ0n) is 6.77. The number of hydrogen-bond acceptors (Lipinski definition) is 3. The van der Waals surface area contributed by atoms with Crippen LogP contribution in [0.2, 0.25) is 0 Å². The molecule has 0 saturated heterocycles. The topological polar surface area (TPSA) is 32.6 Å². The fraction of sp³-hybridized carbons (Fsp3) is 0.222. The Morgan fingerprint density at radius 1 is 1.46 bits per heavy atom. The molecule has 1 aromatic rings. The van der Waals surface area contributed by atoms with E-state index in [1.165, 1.54) is 0 Å². The van der Waals surface area contributed by atoms with E-state index in [0.29, 0.717) is 9.91 Å². The number of thioether (sulfide) groups is 1. The molecule has 68 valence electrons. The summed E-state index contributed by atoms with van der Waals surface area (Å²) in [6, 6.07) is 7.27. The van der Waals surface area contributed by atoms with Gasteiger partial charge in [-0.1, -0.05) is 39.8 Å². The highest BCUT2D eigenvalue weighted by Gasteiger charge is 2.19. The molecule has 0 spiro atoms. The lowest BCUT2D eigenvalue weighted by Gasteiger charge is -2.02. The summed E-state index contributed by atoms with van der Waals surface area (Å²) >= 11 is 5.11. The van der Waals surface area contributed by atoms with Gasteiger partial charge in [0.1, 0.15) is 10.8 Å². The summed E-state index contributed by atoms with van der Waals surface area (Å²) in [4.78, 5) is 4.32. The van der Waals surface area contributed by atoms with Crippen molar-refractivity contribution in [3.05, 3.63) is 29.8 Å². The van der Waals surface area contributed by atoms with Gasteiger partial charge in [-0.2, -0.15) is 0 Å². The maximum atomic E-state index is 9.55. The Labute approximate surface area is 89.2 Å². The van der Waals surface area contributed by atoms with Crippen molar-refractivity contribution >= 4 is 32.7 Å². The number of halogens is 1. The van der Waals surface area contributed by atoms with E-state index in [9.17, 15) is 5.11 Å². The molecule has 1 atom stereocenters. The van der Waals surface area contributed by atoms with E-state index in [-0.39, 0.29) is 0 Å². The van der Waals surface area contributed by atoms with E-state index < -0.39 is 0 Å². The highest BCUT2D eigenvalue weighted by Crippen LogP contribution is 2.32. The second-order valence-electron chi connectivity index (χ2n) is 2.69. The predicted octanol–water partition coefficient (Wildman–Crippen LogP) is 2.61. The number of alkyl halides is 1. The van der Waals surface area contributed by atoms with Gasteiger partial charge in [-0.25, -0.2) is 0 Å². The fourth-order valence-corrected chi connectivity index (χ4v) is 2.67. The Morgan fingerprint density at radius 2 is 2.23 bits per heavy atom. The summed E-state index contributed by atoms with van der Waals surface area (Å²) in [6.45, 7) is 0.772. The summed E-state index contributed by atoms with van der Waals surface area (Å²) in [5.41, 5.74) is 0.828. The van der Waals surface area contributed by atoms with E-state index in [1.54, 1.807) is 17.8 Å². The van der Waals surface area contributed by atoms with Gasteiger partial charge in [0, 0.05) is 5.56 Å². The van der Waals surface area contributed by atoms with E-state index >= 15 is 0 Å². The number of aliphatic imine (C=N–C) groups is 1. The van der Waals surface area contributed by atoms with E-state index in [1.807, 2.05) is 18.2 Å². The molecule has 1 aliphatic rings. The Balaban J connectivity index is 2.31. The van der Waals surface area contributed by atoms with Crippen LogP contribution in [0.4, 0.5) is 0 Å². The lowest BCUT2D eigenvalue weighted by molar-refractivity contribution is 0.474. The smallest absolute Gasteiger partial charge is 0.125 e. The van der Waals surface area contributed by atoms with E-state index in [0.717, 1.165) is 17.2 Å². The van der Waals surface area contributed by atoms with Crippen molar-refractivity contribution in [2.45, 2.75) is 4.16 Å². The number of aromatic hydroxyl groups is 1. The van der Waals surface area contributed by atoms with Crippen LogP contribution in [-0.4, -0.2) is 20.9 Å². The third-order valence-electron chi connectivity index (χ3n) is 1.75. The number of benzene rings is 1. The predicted molar refractivity (Wildman–Crippen MR) is 59.8 cm³/mol. The molecule has 1 aromatic carbocycles. The van der Waals surface area contributed by atoms with Gasteiger partial charge in [-0.05, 0) is 12.1 Å². The SMILES string of the molecule is Oc1ccccc1C1=NCC(Br)S1. The Bertz CT molecular complexity index is 353. The quantitative estimate of drug-likeness (QED) is 0.785. The third-order valence-corrected chi connectivity index (χ3v) is 3.58. The minimum atomic E-state index is 0.301. The number of hydrogen-bond donors (Lipinski definition) is 1. The number of rotatable bonds is 1. The molecule has 0 amide bonds. The van der Waals surface area contributed by atoms with E-state index in [2.05, 4.69) is 20.9 Å². The van der Waals surface area contributed by atoms with Crippen molar-refractivity contribution in [2.24, 2.45) is 4.99 Å². The number of nitrogens with zero attached hydrogens (tertiary/aromatic N) is 1. The molecule has 13 heavy (non-hydrogen) atoms. The summed E-state index contributed by atoms with van der Waals surface area (Å²) in [6.07, 6.45) is 0. The molecule has 1 heterocycles. The van der Waals surface area contributed by atoms with Gasteiger partial charge in [0.05, 0.1) is 10.7 Å². The number of phenols is 1. The lowest BCUT2D eigenvalue weighted by Crippen LogP contribution is -1.93. The number of para-hydroxylation sites is 1. The molecule has 4 heteroatoms. The molecule has 2 rings (SSSR count). The Morgan fingerprint density at radius 3 is 2.85 bits per heavy atom. The average Bonchev–Trinajstić information content (AvgIpc) is 2.53. The summed E-state index contributed by atoms with van der Waals surface area (Å²) in [5.74, 6) is 0.301. The molecule has 0 saturated carbocycles. The Hall–Kier alpha value is -0.480. The van der Waals surface area contributed by atoms with Crippen LogP contribution in [0.15, 0.2) is 29.3 Å². The minimum Gasteiger partial charge on any atom is -0.507 e. The molecule has 1 N–H and O–H groups in total. The summed E-state index contributed by atoms with van der Waals surface area (Å²) in [7, 11) is 0. The van der Waals surface area contributed by atoms with Gasteiger partial charge in [0.2, 0.25) is 0 Å². The van der Waals surface area contributed by atoms with Crippen LogP contribution in [0.1, 0.15) is 5.56 Å².